The van der Waals surface area contributed by atoms with E-state index in [4.69, 9.17) is 5.73 Å². The van der Waals surface area contributed by atoms with Crippen LogP contribution < -0.4 is 5.73 Å². The lowest BCUT2D eigenvalue weighted by Gasteiger charge is -2.07. The molecule has 0 heterocycles. The molecule has 2 N–H and O–H groups in total. The van der Waals surface area contributed by atoms with Crippen LogP contribution in [0, 0.1) is 6.92 Å². The fraction of sp³-hybridized carbons (Fsp3) is 0.400. The van der Waals surface area contributed by atoms with Crippen LogP contribution in [0.5, 0.6) is 0 Å². The second-order valence-corrected chi connectivity index (χ2v) is 3.11. The van der Waals surface area contributed by atoms with E-state index in [9.17, 15) is 0 Å². The van der Waals surface area contributed by atoms with Gasteiger partial charge in [0.1, 0.15) is 0 Å². The van der Waals surface area contributed by atoms with Crippen LogP contribution in [0.25, 0.3) is 0 Å². The standard InChI is InChI=1S/C10H15N/c1-8-5-3-4-6-10(8)7-9(2)11/h3-6,9H,7,11H2,1-2H3/i6+1. The van der Waals surface area contributed by atoms with Gasteiger partial charge >= 0.3 is 0 Å². The number of hydrogen-bond acceptors (Lipinski definition) is 1. The highest BCUT2D eigenvalue weighted by atomic mass is 14.6. The molecule has 0 saturated carbocycles. The van der Waals surface area contributed by atoms with Gasteiger partial charge in [0.2, 0.25) is 0 Å². The Bertz CT molecular complexity index is 228. The van der Waals surface area contributed by atoms with Gasteiger partial charge in [-0.2, -0.15) is 0 Å². The molecule has 0 saturated heterocycles. The fourth-order valence-corrected chi connectivity index (χ4v) is 1.19. The minimum Gasteiger partial charge on any atom is -0.328 e. The molecule has 0 amide bonds. The molecular formula is C10H15N. The molecule has 0 spiro atoms. The van der Waals surface area contributed by atoms with Crippen LogP contribution in [0.15, 0.2) is 24.3 Å². The summed E-state index contributed by atoms with van der Waals surface area (Å²) in [5.41, 5.74) is 8.39. The lowest BCUT2D eigenvalue weighted by atomic mass is 10.1. The first kappa shape index (κ1) is 8.28. The van der Waals surface area contributed by atoms with E-state index in [2.05, 4.69) is 31.2 Å². The molecular weight excluding hydrogens is 135 g/mol. The summed E-state index contributed by atoms with van der Waals surface area (Å²) in [5.74, 6) is 0. The Morgan fingerprint density at radius 3 is 2.55 bits per heavy atom. The van der Waals surface area contributed by atoms with Crippen molar-refractivity contribution in [1.29, 1.82) is 0 Å². The van der Waals surface area contributed by atoms with Crippen molar-refractivity contribution in [3.8, 4) is 0 Å². The van der Waals surface area contributed by atoms with E-state index < -0.39 is 0 Å². The van der Waals surface area contributed by atoms with E-state index in [1.165, 1.54) is 11.1 Å². The quantitative estimate of drug-likeness (QED) is 0.684. The van der Waals surface area contributed by atoms with Crippen LogP contribution in [0.1, 0.15) is 18.1 Å². The van der Waals surface area contributed by atoms with E-state index in [1.54, 1.807) is 0 Å². The van der Waals surface area contributed by atoms with Gasteiger partial charge in [-0.1, -0.05) is 24.3 Å². The van der Waals surface area contributed by atoms with Crippen LogP contribution in [0.4, 0.5) is 0 Å². The minimum atomic E-state index is 0.260. The van der Waals surface area contributed by atoms with Crippen molar-refractivity contribution in [1.82, 2.24) is 0 Å². The Hall–Kier alpha value is -0.820. The van der Waals surface area contributed by atoms with Gasteiger partial charge in [0.15, 0.2) is 0 Å². The van der Waals surface area contributed by atoms with Crippen molar-refractivity contribution in [2.45, 2.75) is 26.3 Å². The highest BCUT2D eigenvalue weighted by Crippen LogP contribution is 2.08. The summed E-state index contributed by atoms with van der Waals surface area (Å²) in [5, 5.41) is 0. The number of rotatable bonds is 2. The first-order chi connectivity index (χ1) is 5.20. The maximum absolute atomic E-state index is 5.69. The lowest BCUT2D eigenvalue weighted by Crippen LogP contribution is -2.18. The monoisotopic (exact) mass is 150 g/mol. The molecule has 0 aromatic heterocycles. The van der Waals surface area contributed by atoms with Crippen LogP contribution in [-0.2, 0) is 6.42 Å². The molecule has 0 aliphatic rings. The van der Waals surface area contributed by atoms with Crippen LogP contribution in [-0.4, -0.2) is 6.04 Å². The number of nitrogens with two attached hydrogens (primary N) is 1. The minimum absolute atomic E-state index is 0.260. The van der Waals surface area contributed by atoms with Crippen molar-refractivity contribution in [3.63, 3.8) is 0 Å². The summed E-state index contributed by atoms with van der Waals surface area (Å²) >= 11 is 0. The lowest BCUT2D eigenvalue weighted by molar-refractivity contribution is 0.735. The molecule has 1 aromatic rings. The molecule has 0 radical (unpaired) electrons. The molecule has 1 atom stereocenters. The van der Waals surface area contributed by atoms with Gasteiger partial charge in [0.25, 0.3) is 0 Å². The van der Waals surface area contributed by atoms with Gasteiger partial charge in [-0.25, -0.2) is 0 Å². The molecule has 0 fully saturated rings. The molecule has 1 rings (SSSR count). The Kier molecular flexibility index (Phi) is 2.66. The maximum atomic E-state index is 5.69. The van der Waals surface area contributed by atoms with Crippen LogP contribution in [0.3, 0.4) is 0 Å². The highest BCUT2D eigenvalue weighted by molar-refractivity contribution is 5.26. The average Bonchev–Trinajstić information content (AvgIpc) is 1.93. The van der Waals surface area contributed by atoms with Crippen LogP contribution >= 0.6 is 0 Å². The van der Waals surface area contributed by atoms with Crippen molar-refractivity contribution in [3.05, 3.63) is 35.4 Å². The molecule has 0 bridgehead atoms. The van der Waals surface area contributed by atoms with Gasteiger partial charge in [-0.3, -0.25) is 0 Å². The number of benzene rings is 1. The third kappa shape index (κ3) is 2.35. The summed E-state index contributed by atoms with van der Waals surface area (Å²) in [7, 11) is 0. The molecule has 11 heavy (non-hydrogen) atoms. The van der Waals surface area contributed by atoms with Crippen molar-refractivity contribution >= 4 is 0 Å². The summed E-state index contributed by atoms with van der Waals surface area (Å²) in [6.07, 6.45) is 0.979. The molecule has 0 aliphatic carbocycles. The molecule has 60 valence electrons. The van der Waals surface area contributed by atoms with Crippen molar-refractivity contribution in [2.75, 3.05) is 0 Å². The zero-order valence-electron chi connectivity index (χ0n) is 7.17. The Morgan fingerprint density at radius 2 is 2.00 bits per heavy atom. The van der Waals surface area contributed by atoms with E-state index in [0.717, 1.165) is 6.42 Å². The third-order valence-corrected chi connectivity index (χ3v) is 1.80. The molecule has 1 nitrogen and oxygen atoms in total. The van der Waals surface area contributed by atoms with Gasteiger partial charge in [0.05, 0.1) is 0 Å². The Morgan fingerprint density at radius 1 is 1.36 bits per heavy atom. The van der Waals surface area contributed by atoms with Crippen molar-refractivity contribution in [2.24, 2.45) is 5.73 Å². The molecule has 1 aromatic carbocycles. The van der Waals surface area contributed by atoms with Gasteiger partial charge in [-0.15, -0.1) is 0 Å². The second-order valence-electron chi connectivity index (χ2n) is 3.11. The molecule has 1 heteroatoms. The summed E-state index contributed by atoms with van der Waals surface area (Å²) < 4.78 is 0. The van der Waals surface area contributed by atoms with Gasteiger partial charge < -0.3 is 5.73 Å². The second kappa shape index (κ2) is 3.54. The van der Waals surface area contributed by atoms with E-state index in [-0.39, 0.29) is 6.04 Å². The number of aryl methyl sites for hydroxylation is 1. The van der Waals surface area contributed by atoms with Crippen LogP contribution in [0.2, 0.25) is 0 Å². The average molecular weight is 150 g/mol. The zero-order valence-corrected chi connectivity index (χ0v) is 7.17. The Labute approximate surface area is 68.2 Å². The SMILES string of the molecule is Cc1ccc[13cH]c1CC(C)N. The molecule has 1 unspecified atom stereocenters. The first-order valence-corrected chi connectivity index (χ1v) is 4.00. The highest BCUT2D eigenvalue weighted by Gasteiger charge is 1.99. The predicted molar refractivity (Wildman–Crippen MR) is 48.5 cm³/mol. The fourth-order valence-electron chi connectivity index (χ4n) is 1.19. The third-order valence-electron chi connectivity index (χ3n) is 1.80. The van der Waals surface area contributed by atoms with Gasteiger partial charge in [0, 0.05) is 6.04 Å². The van der Waals surface area contributed by atoms with E-state index in [0.29, 0.717) is 0 Å². The topological polar surface area (TPSA) is 26.0 Å². The van der Waals surface area contributed by atoms with Gasteiger partial charge in [-0.05, 0) is 31.4 Å². The maximum Gasteiger partial charge on any atom is 0.00510 e. The predicted octanol–water partition coefficient (Wildman–Crippen LogP) is 1.88. The summed E-state index contributed by atoms with van der Waals surface area (Å²) in [6.45, 7) is 4.16. The number of hydrogen-bond donors (Lipinski definition) is 1. The smallest absolute Gasteiger partial charge is 0.00510 e. The van der Waals surface area contributed by atoms with Crippen molar-refractivity contribution < 1.29 is 0 Å². The van der Waals surface area contributed by atoms with E-state index >= 15 is 0 Å². The summed E-state index contributed by atoms with van der Waals surface area (Å²) in [4.78, 5) is 0. The summed E-state index contributed by atoms with van der Waals surface area (Å²) in [6, 6.07) is 8.64. The van der Waals surface area contributed by atoms with E-state index in [1.807, 2.05) is 6.92 Å². The molecule has 0 aliphatic heterocycles. The Balaban J connectivity index is 2.78. The largest absolute Gasteiger partial charge is 0.328 e. The normalized spacial score (nSPS) is 13.0. The first-order valence-electron chi connectivity index (χ1n) is 4.00. The zero-order chi connectivity index (χ0) is 8.27.